The zero-order valence-electron chi connectivity index (χ0n) is 11.4. The molecule has 0 saturated carbocycles. The van der Waals surface area contributed by atoms with E-state index in [2.05, 4.69) is 5.32 Å². The summed E-state index contributed by atoms with van der Waals surface area (Å²) in [6.45, 7) is 0. The van der Waals surface area contributed by atoms with Crippen LogP contribution in [-0.2, 0) is 11.2 Å². The van der Waals surface area contributed by atoms with Crippen molar-refractivity contribution >= 4 is 23.2 Å². The average Bonchev–Trinajstić information content (AvgIpc) is 2.91. The van der Waals surface area contributed by atoms with Gasteiger partial charge in [0.1, 0.15) is 11.5 Å². The molecule has 1 atom stereocenters. The van der Waals surface area contributed by atoms with Gasteiger partial charge in [0.15, 0.2) is 6.10 Å². The fourth-order valence-electron chi connectivity index (χ4n) is 2.32. The summed E-state index contributed by atoms with van der Waals surface area (Å²) in [5.41, 5.74) is 1.57. The predicted molar refractivity (Wildman–Crippen MR) is 81.2 cm³/mol. The summed E-state index contributed by atoms with van der Waals surface area (Å²) in [6, 6.07) is 12.7. The maximum atomic E-state index is 12.3. The fraction of sp³-hybridized carbons (Fsp3) is 0.188. The molecule has 5 heteroatoms. The van der Waals surface area contributed by atoms with Crippen LogP contribution in [0.15, 0.2) is 42.5 Å². The van der Waals surface area contributed by atoms with Crippen molar-refractivity contribution in [2.24, 2.45) is 0 Å². The molecule has 1 amide bonds. The minimum atomic E-state index is -0.536. The molecule has 21 heavy (non-hydrogen) atoms. The van der Waals surface area contributed by atoms with E-state index in [0.29, 0.717) is 22.9 Å². The zero-order chi connectivity index (χ0) is 14.8. The van der Waals surface area contributed by atoms with Crippen molar-refractivity contribution in [3.05, 3.63) is 53.1 Å². The van der Waals surface area contributed by atoms with Crippen LogP contribution in [0.25, 0.3) is 0 Å². The summed E-state index contributed by atoms with van der Waals surface area (Å²) >= 11 is 5.95. The Bertz CT molecular complexity index is 662. The van der Waals surface area contributed by atoms with Crippen molar-refractivity contribution in [3.63, 3.8) is 0 Å². The van der Waals surface area contributed by atoms with E-state index in [1.54, 1.807) is 25.3 Å². The average molecular weight is 304 g/mol. The fourth-order valence-corrected chi connectivity index (χ4v) is 2.49. The van der Waals surface area contributed by atoms with Gasteiger partial charge in [0.2, 0.25) is 0 Å². The van der Waals surface area contributed by atoms with Crippen LogP contribution < -0.4 is 14.8 Å². The van der Waals surface area contributed by atoms with E-state index in [-0.39, 0.29) is 5.91 Å². The Morgan fingerprint density at radius 3 is 2.90 bits per heavy atom. The van der Waals surface area contributed by atoms with Gasteiger partial charge in [-0.2, -0.15) is 0 Å². The third kappa shape index (κ3) is 2.81. The molecule has 0 aromatic heterocycles. The van der Waals surface area contributed by atoms with Crippen LogP contribution in [-0.4, -0.2) is 19.1 Å². The number of nitrogens with one attached hydrogen (secondary N) is 1. The van der Waals surface area contributed by atoms with Crippen LogP contribution >= 0.6 is 11.6 Å². The Hall–Kier alpha value is -2.20. The van der Waals surface area contributed by atoms with Gasteiger partial charge in [0.05, 0.1) is 12.8 Å². The molecule has 3 rings (SSSR count). The van der Waals surface area contributed by atoms with E-state index >= 15 is 0 Å². The van der Waals surface area contributed by atoms with E-state index in [9.17, 15) is 4.79 Å². The summed E-state index contributed by atoms with van der Waals surface area (Å²) in [4.78, 5) is 12.3. The zero-order valence-corrected chi connectivity index (χ0v) is 12.2. The number of methoxy groups -OCH3 is 1. The summed E-state index contributed by atoms with van der Waals surface area (Å²) in [6.07, 6.45) is 0.0244. The Morgan fingerprint density at radius 1 is 1.33 bits per heavy atom. The minimum Gasteiger partial charge on any atom is -0.495 e. The van der Waals surface area contributed by atoms with Crippen LogP contribution in [0.5, 0.6) is 11.5 Å². The summed E-state index contributed by atoms with van der Waals surface area (Å²) in [5.74, 6) is 1.10. The maximum Gasteiger partial charge on any atom is 0.265 e. The molecule has 2 aromatic rings. The highest BCUT2D eigenvalue weighted by Crippen LogP contribution is 2.31. The number of halogens is 1. The molecule has 4 nitrogen and oxygen atoms in total. The topological polar surface area (TPSA) is 47.6 Å². The van der Waals surface area contributed by atoms with Gasteiger partial charge in [0, 0.05) is 11.4 Å². The van der Waals surface area contributed by atoms with Crippen LogP contribution in [0.1, 0.15) is 5.56 Å². The van der Waals surface area contributed by atoms with E-state index in [0.717, 1.165) is 11.3 Å². The van der Waals surface area contributed by atoms with E-state index < -0.39 is 6.10 Å². The molecule has 0 radical (unpaired) electrons. The standard InChI is InChI=1S/C16H14ClNO3/c1-20-14-7-6-11(17)9-12(14)18-16(19)15-8-10-4-2-3-5-13(10)21-15/h2-7,9,15H,8H2,1H3,(H,18,19). The smallest absolute Gasteiger partial charge is 0.265 e. The van der Waals surface area contributed by atoms with Crippen molar-refractivity contribution in [2.45, 2.75) is 12.5 Å². The molecule has 1 aliphatic rings. The number of amides is 1. The number of carbonyl (C=O) groups excluding carboxylic acids is 1. The first-order chi connectivity index (χ1) is 10.2. The summed E-state index contributed by atoms with van der Waals surface area (Å²) in [7, 11) is 1.54. The third-order valence-corrected chi connectivity index (χ3v) is 3.59. The van der Waals surface area contributed by atoms with Crippen molar-refractivity contribution in [2.75, 3.05) is 12.4 Å². The molecule has 1 aliphatic heterocycles. The van der Waals surface area contributed by atoms with E-state index in [1.165, 1.54) is 0 Å². The van der Waals surface area contributed by atoms with Gasteiger partial charge in [-0.15, -0.1) is 0 Å². The normalized spacial score (nSPS) is 16.0. The van der Waals surface area contributed by atoms with Gasteiger partial charge in [-0.25, -0.2) is 0 Å². The summed E-state index contributed by atoms with van der Waals surface area (Å²) in [5, 5.41) is 3.34. The number of hydrogen-bond donors (Lipinski definition) is 1. The summed E-state index contributed by atoms with van der Waals surface area (Å²) < 4.78 is 10.9. The minimum absolute atomic E-state index is 0.216. The largest absolute Gasteiger partial charge is 0.495 e. The molecule has 108 valence electrons. The first-order valence-corrected chi connectivity index (χ1v) is 6.94. The Morgan fingerprint density at radius 2 is 2.14 bits per heavy atom. The predicted octanol–water partition coefficient (Wildman–Crippen LogP) is 3.29. The lowest BCUT2D eigenvalue weighted by molar-refractivity contribution is -0.122. The molecular formula is C16H14ClNO3. The molecule has 1 N–H and O–H groups in total. The second-order valence-electron chi connectivity index (χ2n) is 4.75. The van der Waals surface area contributed by atoms with Gasteiger partial charge in [0.25, 0.3) is 5.91 Å². The molecular weight excluding hydrogens is 290 g/mol. The number of anilines is 1. The van der Waals surface area contributed by atoms with Crippen LogP contribution in [0.2, 0.25) is 5.02 Å². The molecule has 0 fully saturated rings. The van der Waals surface area contributed by atoms with Gasteiger partial charge >= 0.3 is 0 Å². The second-order valence-corrected chi connectivity index (χ2v) is 5.19. The molecule has 0 saturated heterocycles. The van der Waals surface area contributed by atoms with Crippen LogP contribution in [0, 0.1) is 0 Å². The number of para-hydroxylation sites is 1. The molecule has 0 aliphatic carbocycles. The number of carbonyl (C=O) groups is 1. The van der Waals surface area contributed by atoms with Crippen LogP contribution in [0.3, 0.4) is 0 Å². The first kappa shape index (κ1) is 13.8. The Labute approximate surface area is 127 Å². The number of benzene rings is 2. The Balaban J connectivity index is 1.75. The molecule has 0 spiro atoms. The lowest BCUT2D eigenvalue weighted by Gasteiger charge is -2.14. The number of rotatable bonds is 3. The Kier molecular flexibility index (Phi) is 3.71. The third-order valence-electron chi connectivity index (χ3n) is 3.36. The van der Waals surface area contributed by atoms with Crippen molar-refractivity contribution < 1.29 is 14.3 Å². The number of fused-ring (bicyclic) bond motifs is 1. The lowest BCUT2D eigenvalue weighted by atomic mass is 10.1. The van der Waals surface area contributed by atoms with Gasteiger partial charge in [-0.3, -0.25) is 4.79 Å². The van der Waals surface area contributed by atoms with Crippen molar-refractivity contribution in [1.82, 2.24) is 0 Å². The second kappa shape index (κ2) is 5.66. The maximum absolute atomic E-state index is 12.3. The first-order valence-electron chi connectivity index (χ1n) is 6.56. The quantitative estimate of drug-likeness (QED) is 0.946. The molecule has 2 aromatic carbocycles. The van der Waals surface area contributed by atoms with Gasteiger partial charge in [-0.1, -0.05) is 29.8 Å². The highest BCUT2D eigenvalue weighted by molar-refractivity contribution is 6.31. The van der Waals surface area contributed by atoms with Gasteiger partial charge < -0.3 is 14.8 Å². The van der Waals surface area contributed by atoms with Crippen molar-refractivity contribution in [3.8, 4) is 11.5 Å². The highest BCUT2D eigenvalue weighted by atomic mass is 35.5. The van der Waals surface area contributed by atoms with E-state index in [4.69, 9.17) is 21.1 Å². The molecule has 0 bridgehead atoms. The number of ether oxygens (including phenoxy) is 2. The van der Waals surface area contributed by atoms with Gasteiger partial charge in [-0.05, 0) is 29.8 Å². The SMILES string of the molecule is COc1ccc(Cl)cc1NC(=O)C1Cc2ccccc2O1. The highest BCUT2D eigenvalue weighted by Gasteiger charge is 2.29. The van der Waals surface area contributed by atoms with E-state index in [1.807, 2.05) is 24.3 Å². The monoisotopic (exact) mass is 303 g/mol. The number of hydrogen-bond acceptors (Lipinski definition) is 3. The van der Waals surface area contributed by atoms with Crippen LogP contribution in [0.4, 0.5) is 5.69 Å². The molecule has 1 unspecified atom stereocenters. The lowest BCUT2D eigenvalue weighted by Crippen LogP contribution is -2.31. The van der Waals surface area contributed by atoms with Crippen molar-refractivity contribution in [1.29, 1.82) is 0 Å². The molecule has 1 heterocycles.